The topological polar surface area (TPSA) is 174 Å². The second-order valence-corrected chi connectivity index (χ2v) is 4.21. The Morgan fingerprint density at radius 3 is 1.83 bits per heavy atom. The lowest BCUT2D eigenvalue weighted by Gasteiger charge is -1.96. The zero-order chi connectivity index (χ0) is 18.3. The molecule has 0 atom stereocenters. The minimum Gasteiger partial charge on any atom is -0.476 e. The monoisotopic (exact) mass is 326 g/mol. The number of rotatable bonds is 2. The number of aromatic nitrogens is 4. The predicted octanol–water partition coefficient (Wildman–Crippen LogP) is 0.710. The summed E-state index contributed by atoms with van der Waals surface area (Å²) < 4.78 is 0. The molecule has 2 rings (SSSR count). The number of hydrogen-bond donors (Lipinski definition) is 2. The van der Waals surface area contributed by atoms with Crippen molar-refractivity contribution in [3.8, 4) is 12.1 Å². The summed E-state index contributed by atoms with van der Waals surface area (Å²) in [6, 6.07) is 3.48. The normalized spacial score (nSPS) is 9.00. The van der Waals surface area contributed by atoms with E-state index in [2.05, 4.69) is 19.9 Å². The quantitative estimate of drug-likeness (QED) is 0.799. The van der Waals surface area contributed by atoms with E-state index in [9.17, 15) is 9.59 Å². The molecular weight excluding hydrogens is 316 g/mol. The van der Waals surface area contributed by atoms with Crippen molar-refractivity contribution in [3.63, 3.8) is 0 Å². The van der Waals surface area contributed by atoms with E-state index in [-0.39, 0.29) is 28.5 Å². The second-order valence-electron chi connectivity index (χ2n) is 4.21. The van der Waals surface area contributed by atoms with E-state index in [4.69, 9.17) is 20.7 Å². The van der Waals surface area contributed by atoms with Crippen molar-refractivity contribution in [2.75, 3.05) is 0 Å². The van der Waals surface area contributed by atoms with Crippen LogP contribution in [0, 0.1) is 36.5 Å². The molecule has 120 valence electrons. The van der Waals surface area contributed by atoms with Gasteiger partial charge in [-0.15, -0.1) is 0 Å². The first-order chi connectivity index (χ1) is 11.3. The van der Waals surface area contributed by atoms with Crippen LogP contribution in [0.4, 0.5) is 0 Å². The van der Waals surface area contributed by atoms with Crippen LogP contribution in [0.3, 0.4) is 0 Å². The fourth-order valence-electron chi connectivity index (χ4n) is 1.45. The average molecular weight is 326 g/mol. The minimum atomic E-state index is -1.17. The molecule has 0 aliphatic heterocycles. The van der Waals surface area contributed by atoms with E-state index in [1.165, 1.54) is 20.0 Å². The Labute approximate surface area is 135 Å². The van der Waals surface area contributed by atoms with Crippen molar-refractivity contribution in [2.24, 2.45) is 0 Å². The summed E-state index contributed by atoms with van der Waals surface area (Å²) in [6.45, 7) is 3.02. The van der Waals surface area contributed by atoms with Crippen LogP contribution >= 0.6 is 0 Å². The molecule has 2 aromatic heterocycles. The molecule has 0 aliphatic carbocycles. The molecule has 0 saturated carbocycles. The molecule has 10 heteroatoms. The highest BCUT2D eigenvalue weighted by atomic mass is 16.4. The molecule has 0 aliphatic rings. The smallest absolute Gasteiger partial charge is 0.356 e. The lowest BCUT2D eigenvalue weighted by Crippen LogP contribution is -2.06. The Morgan fingerprint density at radius 1 is 0.875 bits per heavy atom. The highest BCUT2D eigenvalue weighted by Gasteiger charge is 2.10. The molecule has 0 saturated heterocycles. The molecule has 0 amide bonds. The number of carbonyl (C=O) groups is 2. The molecule has 0 unspecified atom stereocenters. The fourth-order valence-corrected chi connectivity index (χ4v) is 1.45. The number of aromatic carboxylic acids is 2. The van der Waals surface area contributed by atoms with Crippen molar-refractivity contribution >= 4 is 11.9 Å². The zero-order valence-electron chi connectivity index (χ0n) is 12.5. The maximum atomic E-state index is 10.5. The first-order valence-corrected chi connectivity index (χ1v) is 6.24. The predicted molar refractivity (Wildman–Crippen MR) is 76.9 cm³/mol. The van der Waals surface area contributed by atoms with Crippen molar-refractivity contribution < 1.29 is 19.8 Å². The van der Waals surface area contributed by atoms with Gasteiger partial charge in [0.15, 0.2) is 22.8 Å². The number of carboxylic acids is 2. The summed E-state index contributed by atoms with van der Waals surface area (Å²) in [5.41, 5.74) is 0.404. The van der Waals surface area contributed by atoms with E-state index < -0.39 is 11.9 Å². The zero-order valence-corrected chi connectivity index (χ0v) is 12.5. The SMILES string of the molecule is Cc1nc(C#N)cnc1C(=O)O.Cc1ncc(C#N)nc1C(=O)O. The van der Waals surface area contributed by atoms with Crippen LogP contribution in [-0.4, -0.2) is 42.1 Å². The van der Waals surface area contributed by atoms with Gasteiger partial charge in [0.2, 0.25) is 0 Å². The highest BCUT2D eigenvalue weighted by molar-refractivity contribution is 5.86. The summed E-state index contributed by atoms with van der Waals surface area (Å²) in [5, 5.41) is 33.9. The molecule has 2 N–H and O–H groups in total. The molecular formula is C14H10N6O4. The Bertz CT molecular complexity index is 882. The summed E-state index contributed by atoms with van der Waals surface area (Å²) >= 11 is 0. The van der Waals surface area contributed by atoms with E-state index in [0.29, 0.717) is 5.69 Å². The van der Waals surface area contributed by atoms with Crippen LogP contribution in [0.25, 0.3) is 0 Å². The standard InChI is InChI=1S/2C7H5N3O2/c1-4-6(7(11)12)9-3-5(2-8)10-4;1-4-6(7(11)12)10-5(2-8)3-9-4/h2*3H,1H3,(H,11,12). The molecule has 2 aromatic rings. The first kappa shape index (κ1) is 18.1. The van der Waals surface area contributed by atoms with Crippen LogP contribution in [0.1, 0.15) is 43.8 Å². The maximum Gasteiger partial charge on any atom is 0.356 e. The van der Waals surface area contributed by atoms with Gasteiger partial charge < -0.3 is 10.2 Å². The number of nitriles is 2. The van der Waals surface area contributed by atoms with Crippen LogP contribution in [0.2, 0.25) is 0 Å². The van der Waals surface area contributed by atoms with Crippen molar-refractivity contribution in [3.05, 3.63) is 46.6 Å². The molecule has 24 heavy (non-hydrogen) atoms. The van der Waals surface area contributed by atoms with Gasteiger partial charge in [-0.25, -0.2) is 24.5 Å². The summed E-state index contributed by atoms with van der Waals surface area (Å²) in [7, 11) is 0. The lowest BCUT2D eigenvalue weighted by molar-refractivity contribution is 0.0678. The number of hydrogen-bond acceptors (Lipinski definition) is 8. The number of nitrogens with zero attached hydrogens (tertiary/aromatic N) is 6. The van der Waals surface area contributed by atoms with E-state index in [1.54, 1.807) is 12.1 Å². The lowest BCUT2D eigenvalue weighted by atomic mass is 10.3. The summed E-state index contributed by atoms with van der Waals surface area (Å²) in [6.07, 6.45) is 2.37. The van der Waals surface area contributed by atoms with Crippen molar-refractivity contribution in [1.82, 2.24) is 19.9 Å². The fraction of sp³-hybridized carbons (Fsp3) is 0.143. The van der Waals surface area contributed by atoms with E-state index in [0.717, 1.165) is 6.20 Å². The van der Waals surface area contributed by atoms with Crippen LogP contribution in [-0.2, 0) is 0 Å². The minimum absolute atomic E-state index is 0.0120. The summed E-state index contributed by atoms with van der Waals surface area (Å²) in [4.78, 5) is 35.5. The van der Waals surface area contributed by atoms with Gasteiger partial charge in [0.1, 0.15) is 12.1 Å². The summed E-state index contributed by atoms with van der Waals surface area (Å²) in [5.74, 6) is -2.30. The molecule has 0 bridgehead atoms. The van der Waals surface area contributed by atoms with Crippen LogP contribution in [0.15, 0.2) is 12.4 Å². The molecule has 0 fully saturated rings. The van der Waals surface area contributed by atoms with Gasteiger partial charge in [0.05, 0.1) is 23.8 Å². The van der Waals surface area contributed by atoms with Crippen molar-refractivity contribution in [2.45, 2.75) is 13.8 Å². The Hall–Kier alpha value is -3.92. The van der Waals surface area contributed by atoms with Gasteiger partial charge in [0, 0.05) is 0 Å². The third-order valence-corrected chi connectivity index (χ3v) is 2.54. The van der Waals surface area contributed by atoms with Crippen LogP contribution < -0.4 is 0 Å². The van der Waals surface area contributed by atoms with Gasteiger partial charge in [-0.1, -0.05) is 0 Å². The first-order valence-electron chi connectivity index (χ1n) is 6.24. The second kappa shape index (κ2) is 7.91. The van der Waals surface area contributed by atoms with Gasteiger partial charge in [-0.2, -0.15) is 10.5 Å². The van der Waals surface area contributed by atoms with E-state index >= 15 is 0 Å². The number of aryl methyl sites for hydroxylation is 2. The maximum absolute atomic E-state index is 10.5. The van der Waals surface area contributed by atoms with Gasteiger partial charge in [0.25, 0.3) is 0 Å². The molecule has 0 aromatic carbocycles. The van der Waals surface area contributed by atoms with E-state index in [1.807, 2.05) is 0 Å². The van der Waals surface area contributed by atoms with Gasteiger partial charge >= 0.3 is 11.9 Å². The molecule has 2 heterocycles. The third-order valence-electron chi connectivity index (χ3n) is 2.54. The highest BCUT2D eigenvalue weighted by Crippen LogP contribution is 2.02. The molecule has 0 radical (unpaired) electrons. The van der Waals surface area contributed by atoms with Crippen LogP contribution in [0.5, 0.6) is 0 Å². The Balaban J connectivity index is 0.000000240. The number of carboxylic acid groups (broad SMARTS) is 2. The third kappa shape index (κ3) is 4.54. The average Bonchev–Trinajstić information content (AvgIpc) is 2.55. The molecule has 10 nitrogen and oxygen atoms in total. The Kier molecular flexibility index (Phi) is 5.98. The van der Waals surface area contributed by atoms with Gasteiger partial charge in [-0.05, 0) is 13.8 Å². The Morgan fingerprint density at radius 2 is 1.38 bits per heavy atom. The largest absolute Gasteiger partial charge is 0.476 e. The van der Waals surface area contributed by atoms with Crippen molar-refractivity contribution in [1.29, 1.82) is 10.5 Å². The molecule has 0 spiro atoms. The van der Waals surface area contributed by atoms with Gasteiger partial charge in [-0.3, -0.25) is 4.98 Å².